The molecular formula is C20H23F3N2O2S. The molecule has 8 heteroatoms. The number of halogens is 3. The van der Waals surface area contributed by atoms with Crippen molar-refractivity contribution < 1.29 is 22.6 Å². The smallest absolute Gasteiger partial charge is 0.416 e. The Bertz CT molecular complexity index is 812. The fraction of sp³-hybridized carbons (Fsp3) is 0.350. The SMILES string of the molecule is CCOc1ccc([C@H](C)NC(=S)Nc2cccc(C(F)(F)F)c2)cc1OCC. The summed E-state index contributed by atoms with van der Waals surface area (Å²) in [5.74, 6) is 1.29. The minimum absolute atomic E-state index is 0.194. The van der Waals surface area contributed by atoms with E-state index in [1.807, 2.05) is 39.0 Å². The predicted molar refractivity (Wildman–Crippen MR) is 108 cm³/mol. The van der Waals surface area contributed by atoms with Gasteiger partial charge in [0.2, 0.25) is 0 Å². The van der Waals surface area contributed by atoms with Gasteiger partial charge in [0.15, 0.2) is 16.6 Å². The molecule has 0 spiro atoms. The molecular weight excluding hydrogens is 389 g/mol. The van der Waals surface area contributed by atoms with Crippen LogP contribution in [-0.4, -0.2) is 18.3 Å². The highest BCUT2D eigenvalue weighted by Crippen LogP contribution is 2.32. The minimum Gasteiger partial charge on any atom is -0.490 e. The van der Waals surface area contributed by atoms with Crippen molar-refractivity contribution in [3.8, 4) is 11.5 Å². The molecule has 0 saturated heterocycles. The van der Waals surface area contributed by atoms with Crippen molar-refractivity contribution in [2.45, 2.75) is 33.0 Å². The molecule has 1 atom stereocenters. The van der Waals surface area contributed by atoms with Crippen molar-refractivity contribution in [1.82, 2.24) is 5.32 Å². The van der Waals surface area contributed by atoms with Gasteiger partial charge in [0.05, 0.1) is 24.8 Å². The molecule has 0 aliphatic heterocycles. The number of alkyl halides is 3. The van der Waals surface area contributed by atoms with Crippen molar-refractivity contribution in [3.05, 3.63) is 53.6 Å². The maximum absolute atomic E-state index is 12.8. The second-order valence-electron chi connectivity index (χ2n) is 5.97. The number of ether oxygens (including phenoxy) is 2. The Morgan fingerprint density at radius 1 is 1.04 bits per heavy atom. The summed E-state index contributed by atoms with van der Waals surface area (Å²) in [7, 11) is 0. The van der Waals surface area contributed by atoms with Gasteiger partial charge in [-0.2, -0.15) is 13.2 Å². The Kier molecular flexibility index (Phi) is 7.51. The molecule has 0 aliphatic carbocycles. The van der Waals surface area contributed by atoms with Crippen LogP contribution < -0.4 is 20.1 Å². The van der Waals surface area contributed by atoms with Gasteiger partial charge in [-0.05, 0) is 68.9 Å². The number of hydrogen-bond acceptors (Lipinski definition) is 3. The number of hydrogen-bond donors (Lipinski definition) is 2. The summed E-state index contributed by atoms with van der Waals surface area (Å²) in [6, 6.07) is 10.3. The summed E-state index contributed by atoms with van der Waals surface area (Å²) in [5, 5.41) is 6.08. The van der Waals surface area contributed by atoms with E-state index in [-0.39, 0.29) is 16.8 Å². The zero-order chi connectivity index (χ0) is 20.7. The van der Waals surface area contributed by atoms with E-state index in [9.17, 15) is 13.2 Å². The second kappa shape index (κ2) is 9.64. The molecule has 0 unspecified atom stereocenters. The molecule has 4 nitrogen and oxygen atoms in total. The molecule has 2 aromatic rings. The Morgan fingerprint density at radius 2 is 1.71 bits per heavy atom. The van der Waals surface area contributed by atoms with Gasteiger partial charge >= 0.3 is 6.18 Å². The molecule has 0 radical (unpaired) electrons. The topological polar surface area (TPSA) is 42.5 Å². The lowest BCUT2D eigenvalue weighted by atomic mass is 10.1. The van der Waals surface area contributed by atoms with Gasteiger partial charge in [0.1, 0.15) is 0 Å². The lowest BCUT2D eigenvalue weighted by molar-refractivity contribution is -0.137. The summed E-state index contributed by atoms with van der Waals surface area (Å²) in [4.78, 5) is 0. The van der Waals surface area contributed by atoms with Crippen LogP contribution in [0.5, 0.6) is 11.5 Å². The normalized spacial score (nSPS) is 12.2. The van der Waals surface area contributed by atoms with Gasteiger partial charge < -0.3 is 20.1 Å². The molecule has 2 aromatic carbocycles. The van der Waals surface area contributed by atoms with E-state index < -0.39 is 11.7 Å². The first-order valence-electron chi connectivity index (χ1n) is 8.88. The van der Waals surface area contributed by atoms with Gasteiger partial charge in [-0.15, -0.1) is 0 Å². The minimum atomic E-state index is -4.40. The lowest BCUT2D eigenvalue weighted by Crippen LogP contribution is -2.31. The summed E-state index contributed by atoms with van der Waals surface area (Å²) >= 11 is 5.24. The summed E-state index contributed by atoms with van der Waals surface area (Å²) < 4.78 is 49.6. The molecule has 0 fully saturated rings. The number of benzene rings is 2. The first kappa shape index (κ1) is 21.8. The molecule has 0 saturated carbocycles. The fourth-order valence-electron chi connectivity index (χ4n) is 2.56. The predicted octanol–water partition coefficient (Wildman–Crippen LogP) is 5.55. The van der Waals surface area contributed by atoms with Gasteiger partial charge in [-0.3, -0.25) is 0 Å². The highest BCUT2D eigenvalue weighted by molar-refractivity contribution is 7.80. The van der Waals surface area contributed by atoms with Gasteiger partial charge in [-0.25, -0.2) is 0 Å². The third-order valence-corrected chi connectivity index (χ3v) is 4.08. The molecule has 0 bridgehead atoms. The van der Waals surface area contributed by atoms with E-state index in [0.717, 1.165) is 17.7 Å². The largest absolute Gasteiger partial charge is 0.490 e. The average molecular weight is 412 g/mol. The highest BCUT2D eigenvalue weighted by atomic mass is 32.1. The van der Waals surface area contributed by atoms with Crippen molar-refractivity contribution in [3.63, 3.8) is 0 Å². The van der Waals surface area contributed by atoms with E-state index in [1.165, 1.54) is 12.1 Å². The van der Waals surface area contributed by atoms with E-state index >= 15 is 0 Å². The lowest BCUT2D eigenvalue weighted by Gasteiger charge is -2.19. The van der Waals surface area contributed by atoms with Gasteiger partial charge in [0.25, 0.3) is 0 Å². The monoisotopic (exact) mass is 412 g/mol. The molecule has 152 valence electrons. The van der Waals surface area contributed by atoms with Crippen molar-refractivity contribution in [2.75, 3.05) is 18.5 Å². The third kappa shape index (κ3) is 6.02. The fourth-order valence-corrected chi connectivity index (χ4v) is 2.85. The molecule has 0 heterocycles. The van der Waals surface area contributed by atoms with Gasteiger partial charge in [0, 0.05) is 5.69 Å². The van der Waals surface area contributed by atoms with Crippen LogP contribution in [0.1, 0.15) is 37.9 Å². The molecule has 28 heavy (non-hydrogen) atoms. The Hall–Kier alpha value is -2.48. The quantitative estimate of drug-likeness (QED) is 0.584. The standard InChI is InChI=1S/C20H23F3N2O2S/c1-4-26-17-10-9-14(11-18(17)27-5-2)13(3)24-19(28)25-16-8-6-7-15(12-16)20(21,22)23/h6-13H,4-5H2,1-3H3,(H2,24,25,28)/t13-/m0/s1. The average Bonchev–Trinajstić information content (AvgIpc) is 2.63. The van der Waals surface area contributed by atoms with E-state index in [2.05, 4.69) is 10.6 Å². The summed E-state index contributed by atoms with van der Waals surface area (Å²) in [5.41, 5.74) is 0.433. The van der Waals surface area contributed by atoms with Crippen molar-refractivity contribution in [2.24, 2.45) is 0 Å². The number of thiocarbonyl (C=S) groups is 1. The molecule has 0 aliphatic rings. The van der Waals surface area contributed by atoms with Crippen LogP contribution in [0.15, 0.2) is 42.5 Å². The Morgan fingerprint density at radius 3 is 2.36 bits per heavy atom. The number of anilines is 1. The van der Waals surface area contributed by atoms with Crippen LogP contribution in [-0.2, 0) is 6.18 Å². The summed E-state index contributed by atoms with van der Waals surface area (Å²) in [6.45, 7) is 6.70. The maximum Gasteiger partial charge on any atom is 0.416 e. The van der Waals surface area contributed by atoms with Crippen molar-refractivity contribution in [1.29, 1.82) is 0 Å². The van der Waals surface area contributed by atoms with Crippen molar-refractivity contribution >= 4 is 23.0 Å². The van der Waals surface area contributed by atoms with Crippen LogP contribution in [0.4, 0.5) is 18.9 Å². The zero-order valence-electron chi connectivity index (χ0n) is 15.9. The van der Waals surface area contributed by atoms with Crippen LogP contribution in [0.25, 0.3) is 0 Å². The second-order valence-corrected chi connectivity index (χ2v) is 6.38. The number of rotatable bonds is 7. The van der Waals surface area contributed by atoms with Crippen LogP contribution >= 0.6 is 12.2 Å². The van der Waals surface area contributed by atoms with Crippen LogP contribution in [0, 0.1) is 0 Å². The maximum atomic E-state index is 12.8. The summed E-state index contributed by atoms with van der Waals surface area (Å²) in [6.07, 6.45) is -4.40. The Balaban J connectivity index is 2.07. The van der Waals surface area contributed by atoms with E-state index in [1.54, 1.807) is 0 Å². The van der Waals surface area contributed by atoms with E-state index in [4.69, 9.17) is 21.7 Å². The first-order chi connectivity index (χ1) is 13.2. The molecule has 2 N–H and O–H groups in total. The number of nitrogens with one attached hydrogen (secondary N) is 2. The van der Waals surface area contributed by atoms with E-state index in [0.29, 0.717) is 24.7 Å². The van der Waals surface area contributed by atoms with Gasteiger partial charge in [-0.1, -0.05) is 12.1 Å². The molecule has 0 aromatic heterocycles. The first-order valence-corrected chi connectivity index (χ1v) is 9.29. The third-order valence-electron chi connectivity index (χ3n) is 3.86. The highest BCUT2D eigenvalue weighted by Gasteiger charge is 2.30. The van der Waals surface area contributed by atoms with Crippen LogP contribution in [0.2, 0.25) is 0 Å². The van der Waals surface area contributed by atoms with Crippen LogP contribution in [0.3, 0.4) is 0 Å². The Labute approximate surface area is 168 Å². The molecule has 2 rings (SSSR count). The molecule has 0 amide bonds. The zero-order valence-corrected chi connectivity index (χ0v) is 16.7.